The number of aromatic nitrogens is 1. The summed E-state index contributed by atoms with van der Waals surface area (Å²) >= 11 is 0. The molecule has 0 spiro atoms. The van der Waals surface area contributed by atoms with Gasteiger partial charge in [-0.05, 0) is 53.8 Å². The smallest absolute Gasteiger partial charge is 0.125 e. The lowest BCUT2D eigenvalue weighted by Gasteiger charge is -2.16. The maximum absolute atomic E-state index is 13.2. The molecule has 3 atom stereocenters. The van der Waals surface area contributed by atoms with Gasteiger partial charge in [0, 0.05) is 41.8 Å². The highest BCUT2D eigenvalue weighted by Gasteiger charge is 2.25. The van der Waals surface area contributed by atoms with E-state index in [0.717, 1.165) is 39.6 Å². The van der Waals surface area contributed by atoms with Crippen molar-refractivity contribution in [3.8, 4) is 11.1 Å². The van der Waals surface area contributed by atoms with Gasteiger partial charge >= 0.3 is 0 Å². The van der Waals surface area contributed by atoms with Gasteiger partial charge < -0.3 is 5.32 Å². The maximum atomic E-state index is 13.2. The molecule has 162 valence electrons. The summed E-state index contributed by atoms with van der Waals surface area (Å²) < 4.78 is 29.2. The summed E-state index contributed by atoms with van der Waals surface area (Å²) in [5.41, 5.74) is 3.32. The lowest BCUT2D eigenvalue weighted by molar-refractivity contribution is 0.545. The van der Waals surface area contributed by atoms with Gasteiger partial charge in [0.25, 0.3) is 0 Å². The molecule has 0 radical (unpaired) electrons. The predicted molar refractivity (Wildman–Crippen MR) is 127 cm³/mol. The zero-order valence-corrected chi connectivity index (χ0v) is 18.3. The number of nitrogens with zero attached hydrogens (tertiary/aromatic N) is 1. The Balaban J connectivity index is 1.19. The van der Waals surface area contributed by atoms with E-state index in [1.165, 1.54) is 17.7 Å². The summed E-state index contributed by atoms with van der Waals surface area (Å²) in [6, 6.07) is 23.2. The highest BCUT2D eigenvalue weighted by molar-refractivity contribution is 7.83. The summed E-state index contributed by atoms with van der Waals surface area (Å²) in [6.07, 6.45) is 5.58. The van der Waals surface area contributed by atoms with Crippen molar-refractivity contribution in [1.29, 1.82) is 0 Å². The second kappa shape index (κ2) is 9.28. The third-order valence-corrected chi connectivity index (χ3v) is 7.22. The first-order valence-electron chi connectivity index (χ1n) is 10.8. The molecule has 32 heavy (non-hydrogen) atoms. The van der Waals surface area contributed by atoms with Gasteiger partial charge in [-0.2, -0.15) is 0 Å². The molecular weight excluding hydrogens is 421 g/mol. The first-order chi connectivity index (χ1) is 15.7. The van der Waals surface area contributed by atoms with E-state index in [2.05, 4.69) is 39.3 Å². The minimum absolute atomic E-state index is 0.224. The molecule has 2 N–H and O–H groups in total. The second-order valence-corrected chi connectivity index (χ2v) is 9.36. The van der Waals surface area contributed by atoms with E-state index in [0.29, 0.717) is 6.54 Å². The number of rotatable bonds is 6. The largest absolute Gasteiger partial charge is 0.306 e. The van der Waals surface area contributed by atoms with Crippen molar-refractivity contribution in [2.75, 3.05) is 6.54 Å². The Hall–Kier alpha value is -2.93. The van der Waals surface area contributed by atoms with Crippen LogP contribution >= 0.6 is 0 Å². The molecule has 0 aliphatic carbocycles. The Bertz CT molecular complexity index is 1240. The quantitative estimate of drug-likeness (QED) is 0.432. The SMILES string of the molecule is O=S(NCC1CCC(c2ccc(-c3ccc(F)cc3)cc2)N1)c1cccc2cnccc12. The number of nitrogens with one attached hydrogen (secondary N) is 2. The molecule has 1 fully saturated rings. The fourth-order valence-corrected chi connectivity index (χ4v) is 5.40. The first kappa shape index (κ1) is 20.9. The molecule has 1 aliphatic rings. The van der Waals surface area contributed by atoms with Crippen LogP contribution in [0.5, 0.6) is 0 Å². The fourth-order valence-electron chi connectivity index (χ4n) is 4.30. The molecule has 2 heterocycles. The Morgan fingerprint density at radius 2 is 1.72 bits per heavy atom. The number of benzene rings is 3. The Labute approximate surface area is 189 Å². The zero-order valence-electron chi connectivity index (χ0n) is 17.5. The molecule has 1 aromatic heterocycles. The Morgan fingerprint density at radius 1 is 0.969 bits per heavy atom. The normalized spacial score (nSPS) is 19.3. The van der Waals surface area contributed by atoms with E-state index in [1.807, 2.05) is 24.3 Å². The molecule has 3 aromatic carbocycles. The second-order valence-electron chi connectivity index (χ2n) is 8.09. The lowest BCUT2D eigenvalue weighted by atomic mass is 10.00. The van der Waals surface area contributed by atoms with Crippen molar-refractivity contribution in [3.63, 3.8) is 0 Å². The van der Waals surface area contributed by atoms with Gasteiger partial charge in [-0.25, -0.2) is 13.3 Å². The van der Waals surface area contributed by atoms with Crippen LogP contribution in [-0.2, 0) is 11.0 Å². The topological polar surface area (TPSA) is 54.0 Å². The summed E-state index contributed by atoms with van der Waals surface area (Å²) in [7, 11) is -1.28. The zero-order chi connectivity index (χ0) is 21.9. The Kier molecular flexibility index (Phi) is 6.08. The summed E-state index contributed by atoms with van der Waals surface area (Å²) in [5.74, 6) is -0.224. The van der Waals surface area contributed by atoms with Crippen molar-refractivity contribution in [2.45, 2.75) is 29.8 Å². The number of pyridine rings is 1. The molecule has 0 amide bonds. The van der Waals surface area contributed by atoms with Crippen molar-refractivity contribution in [2.24, 2.45) is 0 Å². The Morgan fingerprint density at radius 3 is 2.50 bits per heavy atom. The van der Waals surface area contributed by atoms with Gasteiger partial charge in [0.2, 0.25) is 0 Å². The van der Waals surface area contributed by atoms with Crippen LogP contribution < -0.4 is 10.0 Å². The van der Waals surface area contributed by atoms with Crippen LogP contribution in [0.4, 0.5) is 4.39 Å². The lowest BCUT2D eigenvalue weighted by Crippen LogP contribution is -2.35. The molecular formula is C26H24FN3OS. The molecule has 6 heteroatoms. The van der Waals surface area contributed by atoms with Gasteiger partial charge in [-0.15, -0.1) is 0 Å². The van der Waals surface area contributed by atoms with Crippen LogP contribution in [0.1, 0.15) is 24.4 Å². The molecule has 1 saturated heterocycles. The molecule has 0 bridgehead atoms. The van der Waals surface area contributed by atoms with E-state index in [1.54, 1.807) is 24.5 Å². The molecule has 1 aliphatic heterocycles. The fraction of sp³-hybridized carbons (Fsp3) is 0.192. The monoisotopic (exact) mass is 445 g/mol. The van der Waals surface area contributed by atoms with Gasteiger partial charge in [0.1, 0.15) is 16.8 Å². The van der Waals surface area contributed by atoms with E-state index >= 15 is 0 Å². The average molecular weight is 446 g/mol. The summed E-state index contributed by atoms with van der Waals surface area (Å²) in [6.45, 7) is 0.637. The summed E-state index contributed by atoms with van der Waals surface area (Å²) in [4.78, 5) is 4.93. The van der Waals surface area contributed by atoms with E-state index in [-0.39, 0.29) is 17.9 Å². The number of hydrogen-bond acceptors (Lipinski definition) is 3. The van der Waals surface area contributed by atoms with E-state index in [9.17, 15) is 8.60 Å². The standard InChI is InChI=1S/C26H24FN3OS/c27-22-10-8-19(9-11-22)18-4-6-20(7-5-18)25-13-12-23(30-25)17-29-32(31)26-3-1-2-21-16-28-15-14-24(21)26/h1-11,14-16,23,25,29-30H,12-13,17H2. The molecule has 5 rings (SSSR count). The maximum Gasteiger partial charge on any atom is 0.125 e. The van der Waals surface area contributed by atoms with Crippen molar-refractivity contribution >= 4 is 21.8 Å². The van der Waals surface area contributed by atoms with Crippen molar-refractivity contribution in [1.82, 2.24) is 15.0 Å². The van der Waals surface area contributed by atoms with Crippen LogP contribution in [0.2, 0.25) is 0 Å². The van der Waals surface area contributed by atoms with Gasteiger partial charge in [0.15, 0.2) is 0 Å². The molecule has 0 saturated carbocycles. The van der Waals surface area contributed by atoms with E-state index < -0.39 is 11.0 Å². The third kappa shape index (κ3) is 4.48. The first-order valence-corrected chi connectivity index (χ1v) is 11.9. The third-order valence-electron chi connectivity index (χ3n) is 6.03. The molecule has 3 unspecified atom stereocenters. The van der Waals surface area contributed by atoms with Crippen molar-refractivity contribution in [3.05, 3.63) is 96.6 Å². The van der Waals surface area contributed by atoms with Gasteiger partial charge in [-0.1, -0.05) is 48.5 Å². The number of hydrogen-bond donors (Lipinski definition) is 2. The minimum Gasteiger partial charge on any atom is -0.306 e. The number of halogens is 1. The minimum atomic E-state index is -1.28. The van der Waals surface area contributed by atoms with Crippen LogP contribution in [0.25, 0.3) is 21.9 Å². The van der Waals surface area contributed by atoms with Crippen molar-refractivity contribution < 1.29 is 8.60 Å². The van der Waals surface area contributed by atoms with Gasteiger partial charge in [0.05, 0.1) is 4.90 Å². The summed E-state index contributed by atoms with van der Waals surface area (Å²) in [5, 5.41) is 5.62. The van der Waals surface area contributed by atoms with E-state index in [4.69, 9.17) is 0 Å². The average Bonchev–Trinajstić information content (AvgIpc) is 3.32. The highest BCUT2D eigenvalue weighted by Crippen LogP contribution is 2.29. The van der Waals surface area contributed by atoms with Crippen LogP contribution in [0.15, 0.2) is 90.1 Å². The molecule has 4 aromatic rings. The predicted octanol–water partition coefficient (Wildman–Crippen LogP) is 5.15. The highest BCUT2D eigenvalue weighted by atomic mass is 32.2. The van der Waals surface area contributed by atoms with Crippen LogP contribution in [0, 0.1) is 5.82 Å². The van der Waals surface area contributed by atoms with Gasteiger partial charge in [-0.3, -0.25) is 4.98 Å². The number of fused-ring (bicyclic) bond motifs is 1. The molecule has 4 nitrogen and oxygen atoms in total. The van der Waals surface area contributed by atoms with Crippen LogP contribution in [-0.4, -0.2) is 21.8 Å². The van der Waals surface area contributed by atoms with Crippen LogP contribution in [0.3, 0.4) is 0 Å².